The number of hydrogen-bond acceptors (Lipinski definition) is 5. The largest absolute Gasteiger partial charge is 0.496 e. The van der Waals surface area contributed by atoms with Gasteiger partial charge in [0.1, 0.15) is 22.7 Å². The fourth-order valence-electron chi connectivity index (χ4n) is 2.21. The van der Waals surface area contributed by atoms with Crippen molar-refractivity contribution in [2.45, 2.75) is 13.0 Å². The minimum Gasteiger partial charge on any atom is -0.496 e. The Labute approximate surface area is 121 Å². The van der Waals surface area contributed by atoms with Crippen molar-refractivity contribution >= 4 is 27.4 Å². The van der Waals surface area contributed by atoms with Crippen molar-refractivity contribution in [1.82, 2.24) is 9.97 Å². The molecule has 0 bridgehead atoms. The molecular weight excluding hydrogens is 270 g/mol. The van der Waals surface area contributed by atoms with Crippen molar-refractivity contribution in [3.8, 4) is 5.75 Å². The molecule has 0 saturated carbocycles. The molecule has 0 saturated heterocycles. The Morgan fingerprint density at radius 2 is 2.05 bits per heavy atom. The lowest BCUT2D eigenvalue weighted by Crippen LogP contribution is -2.09. The van der Waals surface area contributed by atoms with Crippen molar-refractivity contribution in [3.63, 3.8) is 0 Å². The third-order valence-corrected chi connectivity index (χ3v) is 4.04. The Morgan fingerprint density at radius 3 is 2.90 bits per heavy atom. The number of methoxy groups -OCH3 is 1. The summed E-state index contributed by atoms with van der Waals surface area (Å²) in [5.74, 6) is 1.73. The highest BCUT2D eigenvalue weighted by atomic mass is 32.1. The molecule has 0 unspecified atom stereocenters. The molecule has 1 N–H and O–H groups in total. The maximum Gasteiger partial charge on any atom is 0.138 e. The lowest BCUT2D eigenvalue weighted by molar-refractivity contribution is 0.408. The first kappa shape index (κ1) is 12.9. The number of aromatic nitrogens is 2. The van der Waals surface area contributed by atoms with Gasteiger partial charge in [0.2, 0.25) is 0 Å². The van der Waals surface area contributed by atoms with Crippen LogP contribution in [-0.2, 0) is 0 Å². The Morgan fingerprint density at radius 1 is 1.20 bits per heavy atom. The van der Waals surface area contributed by atoms with Crippen molar-refractivity contribution in [2.24, 2.45) is 0 Å². The van der Waals surface area contributed by atoms with Gasteiger partial charge in [0.05, 0.1) is 18.5 Å². The number of fused-ring (bicyclic) bond motifs is 1. The number of benzene rings is 1. The molecule has 0 aliphatic heterocycles. The number of thiophene rings is 1. The minimum atomic E-state index is 0.101. The number of nitrogens with zero attached hydrogens (tertiary/aromatic N) is 2. The topological polar surface area (TPSA) is 47.0 Å². The fraction of sp³-hybridized carbons (Fsp3) is 0.200. The van der Waals surface area contributed by atoms with E-state index in [2.05, 4.69) is 28.3 Å². The molecule has 1 atom stereocenters. The first-order chi connectivity index (χ1) is 9.79. The van der Waals surface area contributed by atoms with Gasteiger partial charge in [0.25, 0.3) is 0 Å². The monoisotopic (exact) mass is 285 g/mol. The van der Waals surface area contributed by atoms with Gasteiger partial charge in [0.15, 0.2) is 0 Å². The van der Waals surface area contributed by atoms with E-state index >= 15 is 0 Å². The van der Waals surface area contributed by atoms with Crippen molar-refractivity contribution in [2.75, 3.05) is 12.4 Å². The molecule has 0 spiro atoms. The fourth-order valence-corrected chi connectivity index (χ4v) is 2.94. The molecule has 2 heterocycles. The van der Waals surface area contributed by atoms with E-state index in [9.17, 15) is 0 Å². The van der Waals surface area contributed by atoms with Crippen LogP contribution in [0.5, 0.6) is 5.75 Å². The average molecular weight is 285 g/mol. The SMILES string of the molecule is COc1ccccc1[C@@H](C)Nc1ncnc2sccc12. The van der Waals surface area contributed by atoms with Crippen LogP contribution in [0.15, 0.2) is 42.0 Å². The van der Waals surface area contributed by atoms with Crippen LogP contribution in [0, 0.1) is 0 Å². The molecule has 4 nitrogen and oxygen atoms in total. The van der Waals surface area contributed by atoms with Crippen LogP contribution < -0.4 is 10.1 Å². The van der Waals surface area contributed by atoms with E-state index in [1.807, 2.05) is 29.6 Å². The third-order valence-electron chi connectivity index (χ3n) is 3.22. The van der Waals surface area contributed by atoms with E-state index in [-0.39, 0.29) is 6.04 Å². The molecule has 3 rings (SSSR count). The van der Waals surface area contributed by atoms with Gasteiger partial charge in [-0.15, -0.1) is 11.3 Å². The van der Waals surface area contributed by atoms with E-state index in [4.69, 9.17) is 4.74 Å². The van der Waals surface area contributed by atoms with Crippen molar-refractivity contribution in [3.05, 3.63) is 47.6 Å². The van der Waals surface area contributed by atoms with E-state index in [0.717, 1.165) is 27.3 Å². The number of nitrogens with one attached hydrogen (secondary N) is 1. The molecule has 0 amide bonds. The van der Waals surface area contributed by atoms with E-state index in [0.29, 0.717) is 0 Å². The number of para-hydroxylation sites is 1. The predicted octanol–water partition coefficient (Wildman–Crippen LogP) is 3.87. The highest BCUT2D eigenvalue weighted by Crippen LogP contribution is 2.30. The van der Waals surface area contributed by atoms with Gasteiger partial charge < -0.3 is 10.1 Å². The molecule has 2 aromatic heterocycles. The lowest BCUT2D eigenvalue weighted by Gasteiger charge is -2.18. The smallest absolute Gasteiger partial charge is 0.138 e. The standard InChI is InChI=1S/C15H15N3OS/c1-10(11-5-3-4-6-13(11)19-2)18-14-12-7-8-20-15(12)17-9-16-14/h3-10H,1-2H3,(H,16,17,18)/t10-/m1/s1. The van der Waals surface area contributed by atoms with Gasteiger partial charge in [-0.25, -0.2) is 9.97 Å². The molecular formula is C15H15N3OS. The number of ether oxygens (including phenoxy) is 1. The van der Waals surface area contributed by atoms with Gasteiger partial charge in [0, 0.05) is 5.56 Å². The van der Waals surface area contributed by atoms with Crippen LogP contribution in [0.25, 0.3) is 10.2 Å². The Kier molecular flexibility index (Phi) is 3.52. The summed E-state index contributed by atoms with van der Waals surface area (Å²) in [6, 6.07) is 10.1. The molecule has 0 fully saturated rings. The van der Waals surface area contributed by atoms with Crippen LogP contribution in [0.2, 0.25) is 0 Å². The average Bonchev–Trinajstić information content (AvgIpc) is 2.96. The molecule has 1 aromatic carbocycles. The summed E-state index contributed by atoms with van der Waals surface area (Å²) in [7, 11) is 1.69. The summed E-state index contributed by atoms with van der Waals surface area (Å²) in [6.45, 7) is 2.10. The van der Waals surface area contributed by atoms with Gasteiger partial charge in [-0.3, -0.25) is 0 Å². The van der Waals surface area contributed by atoms with Gasteiger partial charge in [-0.1, -0.05) is 18.2 Å². The molecule has 3 aromatic rings. The second kappa shape index (κ2) is 5.46. The Balaban J connectivity index is 1.92. The first-order valence-corrected chi connectivity index (χ1v) is 7.25. The van der Waals surface area contributed by atoms with Gasteiger partial charge in [-0.2, -0.15) is 0 Å². The van der Waals surface area contributed by atoms with Crippen LogP contribution in [0.1, 0.15) is 18.5 Å². The van der Waals surface area contributed by atoms with E-state index in [1.54, 1.807) is 24.8 Å². The molecule has 0 radical (unpaired) electrons. The quantitative estimate of drug-likeness (QED) is 0.790. The predicted molar refractivity (Wildman–Crippen MR) is 82.4 cm³/mol. The van der Waals surface area contributed by atoms with Crippen molar-refractivity contribution < 1.29 is 4.74 Å². The summed E-state index contributed by atoms with van der Waals surface area (Å²) in [4.78, 5) is 9.60. The van der Waals surface area contributed by atoms with Crippen LogP contribution in [-0.4, -0.2) is 17.1 Å². The lowest BCUT2D eigenvalue weighted by atomic mass is 10.1. The highest BCUT2D eigenvalue weighted by Gasteiger charge is 2.13. The van der Waals surface area contributed by atoms with Crippen LogP contribution in [0.4, 0.5) is 5.82 Å². The number of hydrogen-bond donors (Lipinski definition) is 1. The Hall–Kier alpha value is -2.14. The third kappa shape index (κ3) is 2.32. The highest BCUT2D eigenvalue weighted by molar-refractivity contribution is 7.16. The summed E-state index contributed by atoms with van der Waals surface area (Å²) in [5.41, 5.74) is 1.11. The van der Waals surface area contributed by atoms with Crippen LogP contribution >= 0.6 is 11.3 Å². The molecule has 20 heavy (non-hydrogen) atoms. The Bertz CT molecular complexity index is 726. The zero-order valence-corrected chi connectivity index (χ0v) is 12.1. The molecule has 5 heteroatoms. The van der Waals surface area contributed by atoms with Gasteiger partial charge in [-0.05, 0) is 24.4 Å². The second-order valence-corrected chi connectivity index (χ2v) is 5.36. The van der Waals surface area contributed by atoms with E-state index < -0.39 is 0 Å². The summed E-state index contributed by atoms with van der Waals surface area (Å²) in [5, 5.41) is 6.52. The first-order valence-electron chi connectivity index (χ1n) is 6.37. The summed E-state index contributed by atoms with van der Waals surface area (Å²) >= 11 is 1.62. The number of rotatable bonds is 4. The maximum atomic E-state index is 5.41. The van der Waals surface area contributed by atoms with E-state index in [1.165, 1.54) is 0 Å². The van der Waals surface area contributed by atoms with Crippen molar-refractivity contribution in [1.29, 1.82) is 0 Å². The summed E-state index contributed by atoms with van der Waals surface area (Å²) in [6.07, 6.45) is 1.59. The second-order valence-electron chi connectivity index (χ2n) is 4.47. The number of anilines is 1. The maximum absolute atomic E-state index is 5.41. The molecule has 0 aliphatic rings. The zero-order chi connectivity index (χ0) is 13.9. The molecule has 102 valence electrons. The van der Waals surface area contributed by atoms with Crippen LogP contribution in [0.3, 0.4) is 0 Å². The minimum absolute atomic E-state index is 0.101. The normalized spacial score (nSPS) is 12.3. The van der Waals surface area contributed by atoms with Gasteiger partial charge >= 0.3 is 0 Å². The summed E-state index contributed by atoms with van der Waals surface area (Å²) < 4.78 is 5.41. The zero-order valence-electron chi connectivity index (χ0n) is 11.3. The molecule has 0 aliphatic carbocycles.